The van der Waals surface area contributed by atoms with Crippen molar-refractivity contribution < 1.29 is 0 Å². The predicted molar refractivity (Wildman–Crippen MR) is 78.5 cm³/mol. The molecule has 2 aromatic carbocycles. The van der Waals surface area contributed by atoms with Crippen LogP contribution in [0.15, 0.2) is 48.5 Å². The van der Waals surface area contributed by atoms with Gasteiger partial charge in [-0.25, -0.2) is 0 Å². The molecule has 0 heterocycles. The van der Waals surface area contributed by atoms with E-state index in [1.165, 1.54) is 11.1 Å². The Labute approximate surface area is 109 Å². The highest BCUT2D eigenvalue weighted by atomic mass is 14.5. The maximum atomic E-state index is 5.84. The maximum Gasteiger partial charge on any atom is 0.0316 e. The second-order valence-corrected chi connectivity index (χ2v) is 4.92. The number of rotatable bonds is 3. The zero-order valence-electron chi connectivity index (χ0n) is 10.9. The van der Waals surface area contributed by atoms with Crippen LogP contribution in [0.1, 0.15) is 36.8 Å². The van der Waals surface area contributed by atoms with Crippen molar-refractivity contribution in [3.8, 4) is 0 Å². The van der Waals surface area contributed by atoms with Gasteiger partial charge in [0.25, 0.3) is 0 Å². The molecule has 0 aliphatic rings. The first-order valence-electron chi connectivity index (χ1n) is 6.29. The molecule has 0 radical (unpaired) electrons. The highest BCUT2D eigenvalue weighted by molar-refractivity contribution is 5.45. The van der Waals surface area contributed by atoms with Crippen LogP contribution in [0, 0.1) is 0 Å². The summed E-state index contributed by atoms with van der Waals surface area (Å²) >= 11 is 0. The number of hydrogen-bond acceptors (Lipinski definition) is 2. The molecule has 0 amide bonds. The van der Waals surface area contributed by atoms with Gasteiger partial charge in [-0.1, -0.05) is 38.1 Å². The van der Waals surface area contributed by atoms with Gasteiger partial charge in [-0.3, -0.25) is 0 Å². The van der Waals surface area contributed by atoms with Crippen molar-refractivity contribution in [2.24, 2.45) is 0 Å². The smallest absolute Gasteiger partial charge is 0.0316 e. The van der Waals surface area contributed by atoms with E-state index in [1.807, 2.05) is 36.4 Å². The Morgan fingerprint density at radius 2 is 1.11 bits per heavy atom. The molecule has 2 unspecified atom stereocenters. The monoisotopic (exact) mass is 240 g/mol. The summed E-state index contributed by atoms with van der Waals surface area (Å²) in [5.41, 5.74) is 15.9. The Bertz CT molecular complexity index is 485. The number of nitrogen functional groups attached to an aromatic ring is 2. The average Bonchev–Trinajstić information content (AvgIpc) is 2.37. The van der Waals surface area contributed by atoms with Crippen LogP contribution < -0.4 is 11.5 Å². The summed E-state index contributed by atoms with van der Waals surface area (Å²) in [4.78, 5) is 0. The molecule has 0 saturated heterocycles. The molecule has 4 N–H and O–H groups in total. The van der Waals surface area contributed by atoms with Gasteiger partial charge < -0.3 is 11.5 Å². The third-order valence-corrected chi connectivity index (χ3v) is 3.62. The lowest BCUT2D eigenvalue weighted by molar-refractivity contribution is 0.624. The van der Waals surface area contributed by atoms with E-state index in [2.05, 4.69) is 26.0 Å². The summed E-state index contributed by atoms with van der Waals surface area (Å²) in [6.07, 6.45) is 0. The van der Waals surface area contributed by atoms with Gasteiger partial charge in [0.1, 0.15) is 0 Å². The SMILES string of the molecule is CC(c1cccc(N)c1)C(C)c1cccc(N)c1. The minimum absolute atomic E-state index is 0.412. The van der Waals surface area contributed by atoms with Crippen molar-refractivity contribution in [2.45, 2.75) is 25.7 Å². The van der Waals surface area contributed by atoms with Crippen LogP contribution in [0.2, 0.25) is 0 Å². The first kappa shape index (κ1) is 12.5. The molecule has 18 heavy (non-hydrogen) atoms. The fourth-order valence-corrected chi connectivity index (χ4v) is 2.26. The molecular formula is C16H20N2. The fourth-order valence-electron chi connectivity index (χ4n) is 2.26. The number of benzene rings is 2. The lowest BCUT2D eigenvalue weighted by atomic mass is 9.84. The van der Waals surface area contributed by atoms with Gasteiger partial charge in [0.15, 0.2) is 0 Å². The van der Waals surface area contributed by atoms with E-state index in [0.717, 1.165) is 11.4 Å². The van der Waals surface area contributed by atoms with Crippen LogP contribution in [0.4, 0.5) is 11.4 Å². The zero-order valence-corrected chi connectivity index (χ0v) is 10.9. The van der Waals surface area contributed by atoms with Crippen LogP contribution in [0.25, 0.3) is 0 Å². The molecule has 0 spiro atoms. The van der Waals surface area contributed by atoms with E-state index in [0.29, 0.717) is 11.8 Å². The molecule has 0 bridgehead atoms. The summed E-state index contributed by atoms with van der Waals surface area (Å²) in [5, 5.41) is 0. The standard InChI is InChI=1S/C16H20N2/c1-11(13-5-3-7-15(17)9-13)12(2)14-6-4-8-16(18)10-14/h3-12H,17-18H2,1-2H3. The van der Waals surface area contributed by atoms with E-state index in [9.17, 15) is 0 Å². The second-order valence-electron chi connectivity index (χ2n) is 4.92. The van der Waals surface area contributed by atoms with Gasteiger partial charge in [-0.2, -0.15) is 0 Å². The predicted octanol–water partition coefficient (Wildman–Crippen LogP) is 3.76. The molecule has 0 aromatic heterocycles. The average molecular weight is 240 g/mol. The maximum absolute atomic E-state index is 5.84. The van der Waals surface area contributed by atoms with Crippen LogP contribution in [-0.2, 0) is 0 Å². The van der Waals surface area contributed by atoms with Crippen LogP contribution in [0.3, 0.4) is 0 Å². The van der Waals surface area contributed by atoms with E-state index in [4.69, 9.17) is 11.5 Å². The number of anilines is 2. The molecule has 0 aliphatic carbocycles. The van der Waals surface area contributed by atoms with Crippen LogP contribution in [-0.4, -0.2) is 0 Å². The molecule has 0 aliphatic heterocycles. The van der Waals surface area contributed by atoms with Crippen molar-refractivity contribution in [2.75, 3.05) is 11.5 Å². The quantitative estimate of drug-likeness (QED) is 0.803. The molecule has 2 heteroatoms. The van der Waals surface area contributed by atoms with Crippen molar-refractivity contribution >= 4 is 11.4 Å². The zero-order chi connectivity index (χ0) is 13.1. The van der Waals surface area contributed by atoms with Crippen LogP contribution >= 0.6 is 0 Å². The molecule has 0 fully saturated rings. The van der Waals surface area contributed by atoms with Gasteiger partial charge in [-0.15, -0.1) is 0 Å². The van der Waals surface area contributed by atoms with Crippen molar-refractivity contribution in [1.82, 2.24) is 0 Å². The van der Waals surface area contributed by atoms with Gasteiger partial charge in [0.2, 0.25) is 0 Å². The van der Waals surface area contributed by atoms with E-state index >= 15 is 0 Å². The minimum atomic E-state index is 0.412. The van der Waals surface area contributed by atoms with Gasteiger partial charge >= 0.3 is 0 Å². The summed E-state index contributed by atoms with van der Waals surface area (Å²) in [7, 11) is 0. The molecule has 2 nitrogen and oxygen atoms in total. The van der Waals surface area contributed by atoms with Gasteiger partial charge in [0, 0.05) is 11.4 Å². The Morgan fingerprint density at radius 1 is 0.722 bits per heavy atom. The van der Waals surface area contributed by atoms with E-state index in [1.54, 1.807) is 0 Å². The van der Waals surface area contributed by atoms with Crippen molar-refractivity contribution in [3.05, 3.63) is 59.7 Å². The molecule has 94 valence electrons. The van der Waals surface area contributed by atoms with Gasteiger partial charge in [-0.05, 0) is 47.2 Å². The van der Waals surface area contributed by atoms with Crippen molar-refractivity contribution in [3.63, 3.8) is 0 Å². The first-order chi connectivity index (χ1) is 8.58. The molecule has 2 atom stereocenters. The second kappa shape index (κ2) is 5.13. The number of hydrogen-bond donors (Lipinski definition) is 2. The van der Waals surface area contributed by atoms with E-state index < -0.39 is 0 Å². The normalized spacial score (nSPS) is 14.1. The topological polar surface area (TPSA) is 52.0 Å². The lowest BCUT2D eigenvalue weighted by Crippen LogP contribution is -2.05. The Hall–Kier alpha value is -1.96. The summed E-state index contributed by atoms with van der Waals surface area (Å²) in [5.74, 6) is 0.825. The summed E-state index contributed by atoms with van der Waals surface area (Å²) < 4.78 is 0. The third-order valence-electron chi connectivity index (χ3n) is 3.62. The minimum Gasteiger partial charge on any atom is -0.399 e. The highest BCUT2D eigenvalue weighted by Gasteiger charge is 2.16. The molecule has 0 saturated carbocycles. The largest absolute Gasteiger partial charge is 0.399 e. The highest BCUT2D eigenvalue weighted by Crippen LogP contribution is 2.33. The molecular weight excluding hydrogens is 220 g/mol. The van der Waals surface area contributed by atoms with E-state index in [-0.39, 0.29) is 0 Å². The van der Waals surface area contributed by atoms with Gasteiger partial charge in [0.05, 0.1) is 0 Å². The lowest BCUT2D eigenvalue weighted by Gasteiger charge is -2.21. The number of nitrogens with two attached hydrogens (primary N) is 2. The Morgan fingerprint density at radius 3 is 1.44 bits per heavy atom. The molecule has 2 rings (SSSR count). The van der Waals surface area contributed by atoms with Crippen LogP contribution in [0.5, 0.6) is 0 Å². The molecule has 2 aromatic rings. The Kier molecular flexibility index (Phi) is 3.56. The first-order valence-corrected chi connectivity index (χ1v) is 6.29. The van der Waals surface area contributed by atoms with Crippen molar-refractivity contribution in [1.29, 1.82) is 0 Å². The summed E-state index contributed by atoms with van der Waals surface area (Å²) in [6, 6.07) is 16.2. The third kappa shape index (κ3) is 2.65. The Balaban J connectivity index is 2.26. The fraction of sp³-hybridized carbons (Fsp3) is 0.250. The summed E-state index contributed by atoms with van der Waals surface area (Å²) in [6.45, 7) is 4.45.